The molecule has 228 valence electrons. The van der Waals surface area contributed by atoms with Crippen LogP contribution in [0.2, 0.25) is 0 Å². The second-order valence-corrected chi connectivity index (χ2v) is 13.5. The van der Waals surface area contributed by atoms with Gasteiger partial charge in [-0.15, -0.1) is 0 Å². The van der Waals surface area contributed by atoms with Crippen LogP contribution in [0.15, 0.2) is 29.2 Å². The fraction of sp³-hybridized carbons (Fsp3) is 0.516. The van der Waals surface area contributed by atoms with Crippen LogP contribution in [0.1, 0.15) is 80.7 Å². The molecule has 2 aliphatic rings. The Balaban J connectivity index is 1.36. The predicted octanol–water partition coefficient (Wildman–Crippen LogP) is 4.50. The zero-order valence-electron chi connectivity index (χ0n) is 25.2. The normalized spacial score (nSPS) is 21.9. The molecular formula is C31H41N3O7S. The standard InChI is InChI=1S/C31H41N3O7S/c1-18-7-11-24(12-8-18)33-30(37)34-42(38,39)25-13-9-23(10-14-25)17-32-29(36)31(6)16-15-26-21(4)27(40-22(5)35)19(2)20(3)28(26)41-31/h9-10,13-14,18,24H,7-8,11-12,15-17H2,1-6H3,(H,32,36)(H2,33,34,37). The Hall–Kier alpha value is -3.60. The molecule has 1 aliphatic carbocycles. The number of rotatable bonds is 7. The first-order chi connectivity index (χ1) is 19.7. The fourth-order valence-electron chi connectivity index (χ4n) is 5.65. The average Bonchev–Trinajstić information content (AvgIpc) is 2.93. The minimum atomic E-state index is -4.04. The number of nitrogens with one attached hydrogen (secondary N) is 3. The van der Waals surface area contributed by atoms with Crippen LogP contribution in [0.3, 0.4) is 0 Å². The first-order valence-corrected chi connectivity index (χ1v) is 15.9. The summed E-state index contributed by atoms with van der Waals surface area (Å²) in [7, 11) is -4.04. The van der Waals surface area contributed by atoms with Crippen LogP contribution in [0.25, 0.3) is 0 Å². The quantitative estimate of drug-likeness (QED) is 0.314. The Morgan fingerprint density at radius 1 is 1.00 bits per heavy atom. The largest absolute Gasteiger partial charge is 0.477 e. The summed E-state index contributed by atoms with van der Waals surface area (Å²) in [6, 6.07) is 5.26. The van der Waals surface area contributed by atoms with Gasteiger partial charge in [-0.3, -0.25) is 9.59 Å². The SMILES string of the molecule is CC(=O)Oc1c(C)c(C)c2c(c1C)CCC(C)(C(=O)NCc1ccc(S(=O)(=O)NC(=O)NC3CCC(C)CC3)cc1)O2. The smallest absolute Gasteiger partial charge is 0.328 e. The summed E-state index contributed by atoms with van der Waals surface area (Å²) in [6.07, 6.45) is 4.69. The number of hydrogen-bond acceptors (Lipinski definition) is 7. The van der Waals surface area contributed by atoms with E-state index in [9.17, 15) is 22.8 Å². The van der Waals surface area contributed by atoms with Crippen LogP contribution in [-0.2, 0) is 32.6 Å². The Labute approximate surface area is 248 Å². The molecule has 1 fully saturated rings. The van der Waals surface area contributed by atoms with Crippen molar-refractivity contribution in [1.29, 1.82) is 0 Å². The number of urea groups is 1. The molecule has 11 heteroatoms. The summed E-state index contributed by atoms with van der Waals surface area (Å²) in [5.41, 5.74) is 2.94. The van der Waals surface area contributed by atoms with Gasteiger partial charge in [-0.1, -0.05) is 19.1 Å². The van der Waals surface area contributed by atoms with Crippen LogP contribution in [0.4, 0.5) is 4.79 Å². The number of amides is 3. The van der Waals surface area contributed by atoms with Crippen molar-refractivity contribution in [3.8, 4) is 11.5 Å². The average molecular weight is 600 g/mol. The van der Waals surface area contributed by atoms with E-state index in [4.69, 9.17) is 9.47 Å². The molecule has 0 radical (unpaired) electrons. The number of carbonyl (C=O) groups is 3. The van der Waals surface area contributed by atoms with Crippen LogP contribution in [0.5, 0.6) is 11.5 Å². The number of sulfonamides is 1. The molecule has 3 N–H and O–H groups in total. The molecule has 10 nitrogen and oxygen atoms in total. The highest BCUT2D eigenvalue weighted by molar-refractivity contribution is 7.90. The predicted molar refractivity (Wildman–Crippen MR) is 158 cm³/mol. The van der Waals surface area contributed by atoms with Crippen molar-refractivity contribution in [3.63, 3.8) is 0 Å². The van der Waals surface area contributed by atoms with E-state index < -0.39 is 27.6 Å². The third-order valence-electron chi connectivity index (χ3n) is 8.48. The van der Waals surface area contributed by atoms with Crippen molar-refractivity contribution in [2.24, 2.45) is 5.92 Å². The van der Waals surface area contributed by atoms with E-state index in [0.717, 1.165) is 47.9 Å². The van der Waals surface area contributed by atoms with Crippen molar-refractivity contribution in [2.75, 3.05) is 0 Å². The van der Waals surface area contributed by atoms with Crippen molar-refractivity contribution in [2.45, 2.75) is 103 Å². The van der Waals surface area contributed by atoms with Gasteiger partial charge < -0.3 is 20.1 Å². The van der Waals surface area contributed by atoms with Gasteiger partial charge in [-0.05, 0) is 100 Å². The van der Waals surface area contributed by atoms with Crippen LogP contribution in [0, 0.1) is 26.7 Å². The number of fused-ring (bicyclic) bond motifs is 1. The van der Waals surface area contributed by atoms with Gasteiger partial charge in [0.25, 0.3) is 15.9 Å². The van der Waals surface area contributed by atoms with Crippen LogP contribution < -0.4 is 24.8 Å². The van der Waals surface area contributed by atoms with Crippen molar-refractivity contribution in [1.82, 2.24) is 15.4 Å². The third kappa shape index (κ3) is 6.88. The Morgan fingerprint density at radius 2 is 1.64 bits per heavy atom. The van der Waals surface area contributed by atoms with Crippen molar-refractivity contribution in [3.05, 3.63) is 52.1 Å². The van der Waals surface area contributed by atoms with E-state index in [1.807, 2.05) is 20.8 Å². The highest BCUT2D eigenvalue weighted by Gasteiger charge is 2.41. The summed E-state index contributed by atoms with van der Waals surface area (Å²) in [5, 5.41) is 5.66. The van der Waals surface area contributed by atoms with E-state index >= 15 is 0 Å². The molecule has 0 aromatic heterocycles. The lowest BCUT2D eigenvalue weighted by molar-refractivity contribution is -0.137. The van der Waals surface area contributed by atoms with Crippen LogP contribution in [-0.4, -0.2) is 38.0 Å². The maximum atomic E-state index is 13.3. The molecule has 2 aromatic rings. The monoisotopic (exact) mass is 599 g/mol. The fourth-order valence-corrected chi connectivity index (χ4v) is 6.56. The Morgan fingerprint density at radius 3 is 2.26 bits per heavy atom. The molecule has 0 spiro atoms. The van der Waals surface area contributed by atoms with Gasteiger partial charge in [0, 0.05) is 31.5 Å². The summed E-state index contributed by atoms with van der Waals surface area (Å²) in [4.78, 5) is 37.2. The molecule has 1 saturated carbocycles. The number of hydrogen-bond donors (Lipinski definition) is 3. The second-order valence-electron chi connectivity index (χ2n) is 11.8. The van der Waals surface area contributed by atoms with Gasteiger partial charge in [0.1, 0.15) is 11.5 Å². The van der Waals surface area contributed by atoms with E-state index in [1.165, 1.54) is 19.1 Å². The molecular weight excluding hydrogens is 558 g/mol. The molecule has 1 heterocycles. The van der Waals surface area contributed by atoms with Gasteiger partial charge in [0.15, 0.2) is 5.60 Å². The first-order valence-electron chi connectivity index (χ1n) is 14.4. The number of carbonyl (C=O) groups excluding carboxylic acids is 3. The summed E-state index contributed by atoms with van der Waals surface area (Å²) >= 11 is 0. The molecule has 0 bridgehead atoms. The van der Waals surface area contributed by atoms with Gasteiger partial charge in [0.2, 0.25) is 0 Å². The lowest BCUT2D eigenvalue weighted by atomic mass is 9.86. The van der Waals surface area contributed by atoms with E-state index in [0.29, 0.717) is 35.8 Å². The molecule has 2 aromatic carbocycles. The van der Waals surface area contributed by atoms with Crippen molar-refractivity contribution < 1.29 is 32.3 Å². The maximum Gasteiger partial charge on any atom is 0.328 e. The van der Waals surface area contributed by atoms with E-state index in [2.05, 4.69) is 22.3 Å². The molecule has 4 rings (SSSR count). The second kappa shape index (κ2) is 12.3. The van der Waals surface area contributed by atoms with E-state index in [1.54, 1.807) is 19.1 Å². The lowest BCUT2D eigenvalue weighted by Gasteiger charge is -2.37. The summed E-state index contributed by atoms with van der Waals surface area (Å²) in [6.45, 7) is 11.1. The van der Waals surface area contributed by atoms with E-state index in [-0.39, 0.29) is 23.4 Å². The molecule has 1 aliphatic heterocycles. The highest BCUT2D eigenvalue weighted by Crippen LogP contribution is 2.44. The number of benzene rings is 2. The minimum absolute atomic E-state index is 0.0268. The first kappa shape index (κ1) is 31.3. The molecule has 3 amide bonds. The van der Waals surface area contributed by atoms with Gasteiger partial charge in [0.05, 0.1) is 4.90 Å². The zero-order chi connectivity index (χ0) is 30.8. The van der Waals surface area contributed by atoms with Gasteiger partial charge in [-0.25, -0.2) is 17.9 Å². The summed E-state index contributed by atoms with van der Waals surface area (Å²) in [5.74, 6) is 1.11. The maximum absolute atomic E-state index is 13.3. The zero-order valence-corrected chi connectivity index (χ0v) is 26.0. The number of ether oxygens (including phenoxy) is 2. The van der Waals surface area contributed by atoms with Gasteiger partial charge in [-0.2, -0.15) is 0 Å². The van der Waals surface area contributed by atoms with Crippen molar-refractivity contribution >= 4 is 27.9 Å². The molecule has 1 atom stereocenters. The molecule has 42 heavy (non-hydrogen) atoms. The van der Waals surface area contributed by atoms with Gasteiger partial charge >= 0.3 is 12.0 Å². The number of esters is 1. The van der Waals surface area contributed by atoms with Crippen LogP contribution >= 0.6 is 0 Å². The topological polar surface area (TPSA) is 140 Å². The molecule has 1 unspecified atom stereocenters. The molecule has 0 saturated heterocycles. The Kier molecular flexibility index (Phi) is 9.20. The summed E-state index contributed by atoms with van der Waals surface area (Å²) < 4.78 is 39.3. The third-order valence-corrected chi connectivity index (χ3v) is 9.83. The lowest BCUT2D eigenvalue weighted by Crippen LogP contribution is -2.50. The highest BCUT2D eigenvalue weighted by atomic mass is 32.2. The Bertz CT molecular complexity index is 1480. The minimum Gasteiger partial charge on any atom is -0.477 e.